The van der Waals surface area contributed by atoms with Crippen molar-refractivity contribution in [3.8, 4) is 0 Å². The van der Waals surface area contributed by atoms with Gasteiger partial charge in [-0.2, -0.15) is 4.31 Å². The summed E-state index contributed by atoms with van der Waals surface area (Å²) in [4.78, 5) is 0.388. The highest BCUT2D eigenvalue weighted by Gasteiger charge is 2.32. The summed E-state index contributed by atoms with van der Waals surface area (Å²) in [7, 11) is -3.41. The highest BCUT2D eigenvalue weighted by Crippen LogP contribution is 2.27. The SMILES string of the molecule is CCC1CCCCN1S(=O)(=O)c1ccc(NCc2ccccc2C)cc1. The van der Waals surface area contributed by atoms with Crippen LogP contribution in [0.4, 0.5) is 5.69 Å². The Morgan fingerprint density at radius 3 is 2.50 bits per heavy atom. The predicted molar refractivity (Wildman–Crippen MR) is 107 cm³/mol. The third kappa shape index (κ3) is 4.10. The molecule has 1 aliphatic rings. The molecule has 0 aromatic heterocycles. The lowest BCUT2D eigenvalue weighted by Crippen LogP contribution is -2.43. The zero-order valence-corrected chi connectivity index (χ0v) is 16.4. The van der Waals surface area contributed by atoms with Crippen LogP contribution in [-0.4, -0.2) is 25.3 Å². The number of nitrogens with one attached hydrogen (secondary N) is 1. The van der Waals surface area contributed by atoms with E-state index in [1.54, 1.807) is 16.4 Å². The van der Waals surface area contributed by atoms with Gasteiger partial charge < -0.3 is 5.32 Å². The third-order valence-electron chi connectivity index (χ3n) is 5.25. The van der Waals surface area contributed by atoms with E-state index in [1.807, 2.05) is 24.3 Å². The first-order valence-corrected chi connectivity index (χ1v) is 10.9. The molecule has 1 N–H and O–H groups in total. The molecule has 3 rings (SSSR count). The van der Waals surface area contributed by atoms with Crippen molar-refractivity contribution in [1.82, 2.24) is 4.31 Å². The normalized spacial score (nSPS) is 18.6. The fourth-order valence-electron chi connectivity index (χ4n) is 3.58. The molecule has 1 aliphatic heterocycles. The molecule has 2 aromatic carbocycles. The minimum atomic E-state index is -3.41. The highest BCUT2D eigenvalue weighted by atomic mass is 32.2. The van der Waals surface area contributed by atoms with E-state index < -0.39 is 10.0 Å². The van der Waals surface area contributed by atoms with Gasteiger partial charge in [-0.05, 0) is 61.6 Å². The summed E-state index contributed by atoms with van der Waals surface area (Å²) >= 11 is 0. The first-order chi connectivity index (χ1) is 12.5. The summed E-state index contributed by atoms with van der Waals surface area (Å²) in [6, 6.07) is 15.5. The van der Waals surface area contributed by atoms with Crippen LogP contribution in [0.3, 0.4) is 0 Å². The molecule has 0 bridgehead atoms. The first-order valence-electron chi connectivity index (χ1n) is 9.42. The second kappa shape index (κ2) is 8.23. The van der Waals surface area contributed by atoms with Gasteiger partial charge in [-0.3, -0.25) is 0 Å². The van der Waals surface area contributed by atoms with Crippen LogP contribution in [0.15, 0.2) is 53.4 Å². The first kappa shape index (κ1) is 18.9. The van der Waals surface area contributed by atoms with Crippen LogP contribution < -0.4 is 5.32 Å². The Morgan fingerprint density at radius 2 is 1.81 bits per heavy atom. The molecule has 1 unspecified atom stereocenters. The lowest BCUT2D eigenvalue weighted by molar-refractivity contribution is 0.246. The highest BCUT2D eigenvalue weighted by molar-refractivity contribution is 7.89. The summed E-state index contributed by atoms with van der Waals surface area (Å²) in [5.41, 5.74) is 3.41. The molecule has 1 saturated heterocycles. The van der Waals surface area contributed by atoms with E-state index in [0.717, 1.165) is 37.9 Å². The number of benzene rings is 2. The molecule has 1 fully saturated rings. The van der Waals surface area contributed by atoms with Crippen molar-refractivity contribution >= 4 is 15.7 Å². The molecule has 5 heteroatoms. The van der Waals surface area contributed by atoms with Crippen LogP contribution in [0.1, 0.15) is 43.7 Å². The van der Waals surface area contributed by atoms with Crippen molar-refractivity contribution in [3.05, 3.63) is 59.7 Å². The standard InChI is InChI=1S/C21H28N2O2S/c1-3-20-10-6-7-15-23(20)26(24,25)21-13-11-19(12-14-21)22-16-18-9-5-4-8-17(18)2/h4-5,8-9,11-14,20,22H,3,6-7,10,15-16H2,1-2H3. The zero-order valence-electron chi connectivity index (χ0n) is 15.6. The lowest BCUT2D eigenvalue weighted by atomic mass is 10.0. The number of anilines is 1. The molecular formula is C21H28N2O2S. The molecule has 1 heterocycles. The summed E-state index contributed by atoms with van der Waals surface area (Å²) in [5.74, 6) is 0. The molecule has 4 nitrogen and oxygen atoms in total. The summed E-state index contributed by atoms with van der Waals surface area (Å²) in [5, 5.41) is 3.37. The summed E-state index contributed by atoms with van der Waals surface area (Å²) in [6.45, 7) is 5.52. The third-order valence-corrected chi connectivity index (χ3v) is 7.22. The monoisotopic (exact) mass is 372 g/mol. The van der Waals surface area contributed by atoms with E-state index in [-0.39, 0.29) is 6.04 Å². The van der Waals surface area contributed by atoms with Crippen molar-refractivity contribution in [2.45, 2.75) is 57.0 Å². The maximum absolute atomic E-state index is 13.0. The van der Waals surface area contributed by atoms with Gasteiger partial charge in [-0.1, -0.05) is 37.6 Å². The van der Waals surface area contributed by atoms with E-state index in [1.165, 1.54) is 11.1 Å². The maximum atomic E-state index is 13.0. The quantitative estimate of drug-likeness (QED) is 0.809. The topological polar surface area (TPSA) is 49.4 Å². The van der Waals surface area contributed by atoms with Gasteiger partial charge in [0.1, 0.15) is 0 Å². The van der Waals surface area contributed by atoms with Gasteiger partial charge in [-0.15, -0.1) is 0 Å². The minimum absolute atomic E-state index is 0.132. The number of sulfonamides is 1. The molecule has 140 valence electrons. The Labute approximate surface area is 157 Å². The van der Waals surface area contributed by atoms with Gasteiger partial charge >= 0.3 is 0 Å². The van der Waals surface area contributed by atoms with E-state index in [4.69, 9.17) is 0 Å². The number of nitrogens with zero attached hydrogens (tertiary/aromatic N) is 1. The Bertz CT molecular complexity index is 831. The summed E-state index contributed by atoms with van der Waals surface area (Å²) < 4.78 is 27.7. The Hall–Kier alpha value is -1.85. The number of piperidine rings is 1. The molecule has 2 aromatic rings. The van der Waals surface area contributed by atoms with Crippen molar-refractivity contribution < 1.29 is 8.42 Å². The van der Waals surface area contributed by atoms with Gasteiger partial charge in [-0.25, -0.2) is 8.42 Å². The smallest absolute Gasteiger partial charge is 0.243 e. The molecule has 26 heavy (non-hydrogen) atoms. The largest absolute Gasteiger partial charge is 0.381 e. The second-order valence-electron chi connectivity index (χ2n) is 6.98. The second-order valence-corrected chi connectivity index (χ2v) is 8.87. The number of hydrogen-bond acceptors (Lipinski definition) is 3. The van der Waals surface area contributed by atoms with E-state index in [0.29, 0.717) is 11.4 Å². The van der Waals surface area contributed by atoms with E-state index in [9.17, 15) is 8.42 Å². The zero-order chi connectivity index (χ0) is 18.6. The number of rotatable bonds is 6. The molecule has 0 radical (unpaired) electrons. The predicted octanol–water partition coefficient (Wildman–Crippen LogP) is 4.56. The average Bonchev–Trinajstić information content (AvgIpc) is 2.67. The van der Waals surface area contributed by atoms with Crippen molar-refractivity contribution in [2.75, 3.05) is 11.9 Å². The fraction of sp³-hybridized carbons (Fsp3) is 0.429. The average molecular weight is 373 g/mol. The molecule has 0 spiro atoms. The lowest BCUT2D eigenvalue weighted by Gasteiger charge is -2.34. The van der Waals surface area contributed by atoms with Crippen molar-refractivity contribution in [3.63, 3.8) is 0 Å². The Balaban J connectivity index is 1.71. The van der Waals surface area contributed by atoms with Crippen LogP contribution in [0, 0.1) is 6.92 Å². The molecular weight excluding hydrogens is 344 g/mol. The molecule has 0 amide bonds. The molecule has 0 aliphatic carbocycles. The van der Waals surface area contributed by atoms with Crippen molar-refractivity contribution in [1.29, 1.82) is 0 Å². The maximum Gasteiger partial charge on any atom is 0.243 e. The van der Waals surface area contributed by atoms with Crippen LogP contribution in [0.2, 0.25) is 0 Å². The Morgan fingerprint density at radius 1 is 1.08 bits per heavy atom. The van der Waals surface area contributed by atoms with Crippen LogP contribution in [0.25, 0.3) is 0 Å². The van der Waals surface area contributed by atoms with E-state index in [2.05, 4.69) is 31.3 Å². The van der Waals surface area contributed by atoms with Crippen molar-refractivity contribution in [2.24, 2.45) is 0 Å². The molecule has 0 saturated carbocycles. The van der Waals surface area contributed by atoms with Gasteiger partial charge in [0, 0.05) is 24.8 Å². The fourth-order valence-corrected chi connectivity index (χ4v) is 5.35. The minimum Gasteiger partial charge on any atom is -0.381 e. The summed E-state index contributed by atoms with van der Waals surface area (Å²) in [6.07, 6.45) is 3.90. The van der Waals surface area contributed by atoms with Crippen LogP contribution >= 0.6 is 0 Å². The van der Waals surface area contributed by atoms with Crippen LogP contribution in [0.5, 0.6) is 0 Å². The number of hydrogen-bond donors (Lipinski definition) is 1. The van der Waals surface area contributed by atoms with Gasteiger partial charge in [0.25, 0.3) is 0 Å². The number of aryl methyl sites for hydroxylation is 1. The van der Waals surface area contributed by atoms with Gasteiger partial charge in [0.2, 0.25) is 10.0 Å². The molecule has 1 atom stereocenters. The van der Waals surface area contributed by atoms with E-state index >= 15 is 0 Å². The Kier molecular flexibility index (Phi) is 5.99. The van der Waals surface area contributed by atoms with Gasteiger partial charge in [0.15, 0.2) is 0 Å². The van der Waals surface area contributed by atoms with Gasteiger partial charge in [0.05, 0.1) is 4.90 Å². The van der Waals surface area contributed by atoms with Crippen LogP contribution in [-0.2, 0) is 16.6 Å².